The molecule has 124 valence electrons. The summed E-state index contributed by atoms with van der Waals surface area (Å²) >= 11 is 5.86. The molecular formula is C16H10ClFN6O. The lowest BCUT2D eigenvalue weighted by molar-refractivity contribution is 0.356. The molecule has 0 atom stereocenters. The summed E-state index contributed by atoms with van der Waals surface area (Å²) in [6.45, 7) is 0.175. The van der Waals surface area contributed by atoms with E-state index in [1.807, 2.05) is 0 Å². The van der Waals surface area contributed by atoms with Crippen LogP contribution in [0.2, 0.25) is 5.02 Å². The molecule has 0 aliphatic rings. The summed E-state index contributed by atoms with van der Waals surface area (Å²) in [6, 6.07) is 13.0. The minimum absolute atomic E-state index is 0.175. The third-order valence-electron chi connectivity index (χ3n) is 3.40. The maximum atomic E-state index is 13.0. The highest BCUT2D eigenvalue weighted by Gasteiger charge is 2.12. The van der Waals surface area contributed by atoms with Crippen molar-refractivity contribution in [2.24, 2.45) is 0 Å². The van der Waals surface area contributed by atoms with Crippen LogP contribution in [-0.4, -0.2) is 30.3 Å². The first kappa shape index (κ1) is 15.4. The monoisotopic (exact) mass is 356 g/mol. The van der Waals surface area contributed by atoms with E-state index in [1.54, 1.807) is 36.4 Å². The second-order valence-electron chi connectivity index (χ2n) is 5.17. The molecule has 0 aliphatic heterocycles. The first-order valence-electron chi connectivity index (χ1n) is 7.30. The second-order valence-corrected chi connectivity index (χ2v) is 5.61. The Bertz CT molecular complexity index is 914. The molecule has 0 bridgehead atoms. The van der Waals surface area contributed by atoms with Crippen molar-refractivity contribution >= 4 is 11.6 Å². The maximum Gasteiger partial charge on any atom is 0.250 e. The number of hydrogen-bond acceptors (Lipinski definition) is 6. The van der Waals surface area contributed by atoms with E-state index in [4.69, 9.17) is 16.1 Å². The first-order valence-corrected chi connectivity index (χ1v) is 7.67. The summed E-state index contributed by atoms with van der Waals surface area (Å²) in [5, 5.41) is 16.7. The molecule has 0 fully saturated rings. The molecular weight excluding hydrogens is 347 g/mol. The predicted molar refractivity (Wildman–Crippen MR) is 87.1 cm³/mol. The number of tetrazole rings is 1. The van der Waals surface area contributed by atoms with Crippen LogP contribution in [0, 0.1) is 5.82 Å². The fourth-order valence-electron chi connectivity index (χ4n) is 2.18. The topological polar surface area (TPSA) is 82.5 Å². The van der Waals surface area contributed by atoms with E-state index in [9.17, 15) is 4.39 Å². The van der Waals surface area contributed by atoms with Gasteiger partial charge in [0.05, 0.1) is 0 Å². The average molecular weight is 357 g/mol. The van der Waals surface area contributed by atoms with Crippen LogP contribution in [-0.2, 0) is 6.54 Å². The molecule has 0 spiro atoms. The molecule has 9 heteroatoms. The Labute approximate surface area is 146 Å². The predicted octanol–water partition coefficient (Wildman–Crippen LogP) is 3.23. The number of rotatable bonds is 4. The lowest BCUT2D eigenvalue weighted by atomic mass is 10.2. The van der Waals surface area contributed by atoms with Gasteiger partial charge in [0.2, 0.25) is 11.6 Å². The van der Waals surface area contributed by atoms with E-state index in [1.165, 1.54) is 16.9 Å². The average Bonchev–Trinajstić information content (AvgIpc) is 3.27. The number of hydrogen-bond donors (Lipinski definition) is 0. The Hall–Kier alpha value is -3.13. The van der Waals surface area contributed by atoms with Gasteiger partial charge in [0.15, 0.2) is 0 Å². The van der Waals surface area contributed by atoms with E-state index in [2.05, 4.69) is 25.6 Å². The molecule has 0 saturated heterocycles. The lowest BCUT2D eigenvalue weighted by Crippen LogP contribution is -2.04. The van der Waals surface area contributed by atoms with Crippen molar-refractivity contribution in [2.45, 2.75) is 6.54 Å². The Morgan fingerprint density at radius 2 is 1.64 bits per heavy atom. The largest absolute Gasteiger partial charge is 0.337 e. The summed E-state index contributed by atoms with van der Waals surface area (Å²) < 4.78 is 18.2. The normalized spacial score (nSPS) is 11.0. The van der Waals surface area contributed by atoms with Crippen LogP contribution in [0.25, 0.3) is 22.8 Å². The van der Waals surface area contributed by atoms with Gasteiger partial charge in [-0.2, -0.15) is 9.78 Å². The standard InChI is InChI=1S/C16H10ClFN6O/c17-12-5-1-10(2-6-12)15-19-14(25-22-15)9-24-21-16(20-23-24)11-3-7-13(18)8-4-11/h1-8H,9H2. The number of aromatic nitrogens is 6. The van der Waals surface area contributed by atoms with Crippen LogP contribution in [0.15, 0.2) is 53.1 Å². The van der Waals surface area contributed by atoms with Gasteiger partial charge in [0.1, 0.15) is 12.4 Å². The van der Waals surface area contributed by atoms with E-state index >= 15 is 0 Å². The molecule has 0 radical (unpaired) electrons. The molecule has 2 heterocycles. The number of halogens is 2. The third kappa shape index (κ3) is 3.38. The van der Waals surface area contributed by atoms with Gasteiger partial charge in [0.25, 0.3) is 5.89 Å². The van der Waals surface area contributed by atoms with Gasteiger partial charge < -0.3 is 4.52 Å². The molecule has 0 saturated carbocycles. The van der Waals surface area contributed by atoms with Gasteiger partial charge in [0, 0.05) is 16.1 Å². The van der Waals surface area contributed by atoms with Gasteiger partial charge in [-0.25, -0.2) is 4.39 Å². The zero-order valence-corrected chi connectivity index (χ0v) is 13.4. The van der Waals surface area contributed by atoms with Crippen LogP contribution >= 0.6 is 11.6 Å². The zero-order valence-electron chi connectivity index (χ0n) is 12.7. The van der Waals surface area contributed by atoms with Crippen LogP contribution in [0.4, 0.5) is 4.39 Å². The highest BCUT2D eigenvalue weighted by Crippen LogP contribution is 2.19. The molecule has 0 N–H and O–H groups in total. The summed E-state index contributed by atoms with van der Waals surface area (Å²) in [5.74, 6) is 0.854. The minimum Gasteiger partial charge on any atom is -0.337 e. The highest BCUT2D eigenvalue weighted by molar-refractivity contribution is 6.30. The molecule has 0 amide bonds. The Kier molecular flexibility index (Phi) is 3.95. The smallest absolute Gasteiger partial charge is 0.250 e. The molecule has 25 heavy (non-hydrogen) atoms. The van der Waals surface area contributed by atoms with Crippen molar-refractivity contribution in [3.05, 3.63) is 65.3 Å². The Balaban J connectivity index is 1.51. The lowest BCUT2D eigenvalue weighted by Gasteiger charge is -1.94. The minimum atomic E-state index is -0.322. The summed E-state index contributed by atoms with van der Waals surface area (Å²) in [7, 11) is 0. The van der Waals surface area contributed by atoms with Gasteiger partial charge in [-0.3, -0.25) is 0 Å². The molecule has 0 aliphatic carbocycles. The van der Waals surface area contributed by atoms with E-state index < -0.39 is 0 Å². The third-order valence-corrected chi connectivity index (χ3v) is 3.65. The van der Waals surface area contributed by atoms with E-state index in [0.29, 0.717) is 28.1 Å². The first-order chi connectivity index (χ1) is 12.2. The van der Waals surface area contributed by atoms with Crippen molar-refractivity contribution in [2.75, 3.05) is 0 Å². The second kappa shape index (κ2) is 6.40. The SMILES string of the molecule is Fc1ccc(-c2nnn(Cc3nc(-c4ccc(Cl)cc4)no3)n2)cc1. The maximum absolute atomic E-state index is 13.0. The van der Waals surface area contributed by atoms with Gasteiger partial charge in [-0.1, -0.05) is 16.8 Å². The van der Waals surface area contributed by atoms with Crippen LogP contribution in [0.3, 0.4) is 0 Å². The van der Waals surface area contributed by atoms with Crippen LogP contribution < -0.4 is 0 Å². The van der Waals surface area contributed by atoms with E-state index in [-0.39, 0.29) is 12.4 Å². The molecule has 4 rings (SSSR count). The molecule has 7 nitrogen and oxygen atoms in total. The van der Waals surface area contributed by atoms with Crippen molar-refractivity contribution in [1.82, 2.24) is 30.3 Å². The highest BCUT2D eigenvalue weighted by atomic mass is 35.5. The number of benzene rings is 2. The van der Waals surface area contributed by atoms with Gasteiger partial charge >= 0.3 is 0 Å². The quantitative estimate of drug-likeness (QED) is 0.558. The van der Waals surface area contributed by atoms with Gasteiger partial charge in [-0.15, -0.1) is 10.2 Å². The van der Waals surface area contributed by atoms with Crippen LogP contribution in [0.1, 0.15) is 5.89 Å². The Morgan fingerprint density at radius 1 is 0.960 bits per heavy atom. The van der Waals surface area contributed by atoms with Gasteiger partial charge in [-0.05, 0) is 53.7 Å². The molecule has 0 unspecified atom stereocenters. The zero-order chi connectivity index (χ0) is 17.2. The van der Waals surface area contributed by atoms with E-state index in [0.717, 1.165) is 5.56 Å². The summed E-state index contributed by atoms with van der Waals surface area (Å²) in [5.41, 5.74) is 1.46. The fourth-order valence-corrected chi connectivity index (χ4v) is 2.31. The Morgan fingerprint density at radius 3 is 2.40 bits per heavy atom. The van der Waals surface area contributed by atoms with Crippen molar-refractivity contribution < 1.29 is 8.91 Å². The van der Waals surface area contributed by atoms with Crippen molar-refractivity contribution in [3.8, 4) is 22.8 Å². The molecule has 4 aromatic rings. The van der Waals surface area contributed by atoms with Crippen molar-refractivity contribution in [1.29, 1.82) is 0 Å². The summed E-state index contributed by atoms with van der Waals surface area (Å²) in [4.78, 5) is 5.63. The molecule has 2 aromatic carbocycles. The van der Waals surface area contributed by atoms with Crippen LogP contribution in [0.5, 0.6) is 0 Å². The van der Waals surface area contributed by atoms with Crippen molar-refractivity contribution in [3.63, 3.8) is 0 Å². The fraction of sp³-hybridized carbons (Fsp3) is 0.0625. The molecule has 2 aromatic heterocycles. The summed E-state index contributed by atoms with van der Waals surface area (Å²) in [6.07, 6.45) is 0. The number of nitrogens with zero attached hydrogens (tertiary/aromatic N) is 6.